The van der Waals surface area contributed by atoms with E-state index >= 15 is 0 Å². The smallest absolute Gasteiger partial charge is 0.126 e. The minimum absolute atomic E-state index is 0.173. The molecule has 86 valence electrons. The second-order valence-electron chi connectivity index (χ2n) is 3.93. The van der Waals surface area contributed by atoms with Gasteiger partial charge in [-0.1, -0.05) is 19.1 Å². The van der Waals surface area contributed by atoms with Crippen LogP contribution in [0.4, 0.5) is 4.39 Å². The first-order chi connectivity index (χ1) is 7.67. The Kier molecular flexibility index (Phi) is 4.94. The molecule has 0 aliphatic carbocycles. The Morgan fingerprint density at radius 1 is 1.50 bits per heavy atom. The van der Waals surface area contributed by atoms with Gasteiger partial charge in [-0.3, -0.25) is 0 Å². The van der Waals surface area contributed by atoms with Gasteiger partial charge in [0.2, 0.25) is 0 Å². The quantitative estimate of drug-likeness (QED) is 0.828. The first kappa shape index (κ1) is 12.7. The maximum absolute atomic E-state index is 13.3. The molecule has 3 heteroatoms. The largest absolute Gasteiger partial charge is 0.309 e. The molecule has 0 aliphatic rings. The molecule has 0 saturated heterocycles. The molecule has 0 amide bonds. The molecular formula is C13H17FN2. The fourth-order valence-corrected chi connectivity index (χ4v) is 1.48. The summed E-state index contributed by atoms with van der Waals surface area (Å²) in [6.07, 6.45) is 1.40. The molecule has 1 aromatic rings. The molecule has 0 fully saturated rings. The summed E-state index contributed by atoms with van der Waals surface area (Å²) in [5, 5.41) is 11.8. The first-order valence-electron chi connectivity index (χ1n) is 5.52. The number of aryl methyl sites for hydroxylation is 1. The van der Waals surface area contributed by atoms with Crippen LogP contribution in [-0.2, 0) is 6.54 Å². The minimum Gasteiger partial charge on any atom is -0.309 e. The van der Waals surface area contributed by atoms with Crippen molar-refractivity contribution in [3.63, 3.8) is 0 Å². The number of nitrogens with one attached hydrogen (secondary N) is 1. The summed E-state index contributed by atoms with van der Waals surface area (Å²) in [5.41, 5.74) is 1.58. The van der Waals surface area contributed by atoms with Gasteiger partial charge in [0.05, 0.1) is 12.5 Å². The number of nitrogens with zero attached hydrogens (tertiary/aromatic N) is 1. The average molecular weight is 220 g/mol. The van der Waals surface area contributed by atoms with Gasteiger partial charge in [-0.15, -0.1) is 0 Å². The molecule has 0 heterocycles. The normalized spacial score (nSPS) is 12.1. The second-order valence-corrected chi connectivity index (χ2v) is 3.93. The van der Waals surface area contributed by atoms with E-state index in [0.29, 0.717) is 18.5 Å². The summed E-state index contributed by atoms with van der Waals surface area (Å²) in [5.74, 6) is -0.173. The summed E-state index contributed by atoms with van der Waals surface area (Å²) >= 11 is 0. The zero-order valence-electron chi connectivity index (χ0n) is 9.76. The maximum atomic E-state index is 13.3. The topological polar surface area (TPSA) is 35.8 Å². The van der Waals surface area contributed by atoms with Gasteiger partial charge in [0.25, 0.3) is 0 Å². The molecule has 1 unspecified atom stereocenters. The van der Waals surface area contributed by atoms with Gasteiger partial charge in [-0.2, -0.15) is 5.26 Å². The summed E-state index contributed by atoms with van der Waals surface area (Å²) in [6.45, 7) is 4.39. The lowest BCUT2D eigenvalue weighted by Gasteiger charge is -2.13. The maximum Gasteiger partial charge on any atom is 0.126 e. The fraction of sp³-hybridized carbons (Fsp3) is 0.462. The Morgan fingerprint density at radius 2 is 2.25 bits per heavy atom. The Balaban J connectivity index is 2.54. The number of halogens is 1. The van der Waals surface area contributed by atoms with E-state index in [1.54, 1.807) is 19.1 Å². The van der Waals surface area contributed by atoms with Gasteiger partial charge >= 0.3 is 0 Å². The van der Waals surface area contributed by atoms with Crippen LogP contribution in [0.5, 0.6) is 0 Å². The highest BCUT2D eigenvalue weighted by Crippen LogP contribution is 2.09. The van der Waals surface area contributed by atoms with Gasteiger partial charge in [0.15, 0.2) is 0 Å². The number of rotatable bonds is 5. The van der Waals surface area contributed by atoms with E-state index in [1.807, 2.05) is 13.0 Å². The van der Waals surface area contributed by atoms with Crippen molar-refractivity contribution in [2.24, 2.45) is 0 Å². The van der Waals surface area contributed by atoms with Crippen LogP contribution >= 0.6 is 0 Å². The predicted molar refractivity (Wildman–Crippen MR) is 62.3 cm³/mol. The third-order valence-electron chi connectivity index (χ3n) is 2.66. The zero-order chi connectivity index (χ0) is 12.0. The molecule has 0 saturated carbocycles. The SMILES string of the molecule is CCC(CC#N)NCc1ccc(C)c(F)c1. The lowest BCUT2D eigenvalue weighted by atomic mass is 10.1. The monoisotopic (exact) mass is 220 g/mol. The van der Waals surface area contributed by atoms with Crippen molar-refractivity contribution in [3.8, 4) is 6.07 Å². The molecule has 2 nitrogen and oxygen atoms in total. The molecule has 1 rings (SSSR count). The Morgan fingerprint density at radius 3 is 2.81 bits per heavy atom. The van der Waals surface area contributed by atoms with Crippen LogP contribution in [0.1, 0.15) is 30.9 Å². The van der Waals surface area contributed by atoms with Crippen molar-refractivity contribution >= 4 is 0 Å². The highest BCUT2D eigenvalue weighted by molar-refractivity contribution is 5.23. The number of nitriles is 1. The van der Waals surface area contributed by atoms with E-state index in [9.17, 15) is 4.39 Å². The molecule has 1 N–H and O–H groups in total. The van der Waals surface area contributed by atoms with Gasteiger partial charge in [-0.25, -0.2) is 4.39 Å². The van der Waals surface area contributed by atoms with E-state index in [1.165, 1.54) is 0 Å². The molecule has 0 radical (unpaired) electrons. The van der Waals surface area contributed by atoms with Crippen LogP contribution in [0.25, 0.3) is 0 Å². The van der Waals surface area contributed by atoms with Crippen LogP contribution < -0.4 is 5.32 Å². The third kappa shape index (κ3) is 3.63. The van der Waals surface area contributed by atoms with Crippen LogP contribution in [0, 0.1) is 24.1 Å². The van der Waals surface area contributed by atoms with Gasteiger partial charge in [0, 0.05) is 12.6 Å². The molecule has 16 heavy (non-hydrogen) atoms. The van der Waals surface area contributed by atoms with Crippen molar-refractivity contribution in [1.29, 1.82) is 5.26 Å². The molecule has 1 aromatic carbocycles. The van der Waals surface area contributed by atoms with Crippen LogP contribution in [0.15, 0.2) is 18.2 Å². The molecule has 1 atom stereocenters. The standard InChI is InChI=1S/C13H17FN2/c1-3-12(6-7-15)16-9-11-5-4-10(2)13(14)8-11/h4-5,8,12,16H,3,6,9H2,1-2H3. The van der Waals surface area contributed by atoms with Crippen LogP contribution in [-0.4, -0.2) is 6.04 Å². The van der Waals surface area contributed by atoms with Gasteiger partial charge in [0.1, 0.15) is 5.82 Å². The summed E-state index contributed by atoms with van der Waals surface area (Å²) < 4.78 is 13.3. The van der Waals surface area contributed by atoms with E-state index in [4.69, 9.17) is 5.26 Å². The van der Waals surface area contributed by atoms with E-state index in [-0.39, 0.29) is 11.9 Å². The Hall–Kier alpha value is -1.40. The lowest BCUT2D eigenvalue weighted by Crippen LogP contribution is -2.27. The zero-order valence-corrected chi connectivity index (χ0v) is 9.76. The molecule has 0 spiro atoms. The number of benzene rings is 1. The van der Waals surface area contributed by atoms with Gasteiger partial charge < -0.3 is 5.32 Å². The minimum atomic E-state index is -0.173. The number of hydrogen-bond acceptors (Lipinski definition) is 2. The van der Waals surface area contributed by atoms with Crippen molar-refractivity contribution < 1.29 is 4.39 Å². The predicted octanol–water partition coefficient (Wildman–Crippen LogP) is 2.92. The molecule has 0 aliphatic heterocycles. The second kappa shape index (κ2) is 6.24. The molecular weight excluding hydrogens is 203 g/mol. The van der Waals surface area contributed by atoms with Crippen LogP contribution in [0.3, 0.4) is 0 Å². The van der Waals surface area contributed by atoms with Crippen LogP contribution in [0.2, 0.25) is 0 Å². The summed E-state index contributed by atoms with van der Waals surface area (Å²) in [6, 6.07) is 7.55. The van der Waals surface area contributed by atoms with E-state index in [0.717, 1.165) is 12.0 Å². The van der Waals surface area contributed by atoms with E-state index < -0.39 is 0 Å². The lowest BCUT2D eigenvalue weighted by molar-refractivity contribution is 0.503. The highest BCUT2D eigenvalue weighted by atomic mass is 19.1. The van der Waals surface area contributed by atoms with Crippen molar-refractivity contribution in [2.75, 3.05) is 0 Å². The Bertz CT molecular complexity index is 382. The molecule has 0 bridgehead atoms. The summed E-state index contributed by atoms with van der Waals surface area (Å²) in [4.78, 5) is 0. The fourth-order valence-electron chi connectivity index (χ4n) is 1.48. The third-order valence-corrected chi connectivity index (χ3v) is 2.66. The van der Waals surface area contributed by atoms with E-state index in [2.05, 4.69) is 11.4 Å². The van der Waals surface area contributed by atoms with Gasteiger partial charge in [-0.05, 0) is 30.5 Å². The first-order valence-corrected chi connectivity index (χ1v) is 5.52. The van der Waals surface area contributed by atoms with Crippen molar-refractivity contribution in [3.05, 3.63) is 35.1 Å². The highest BCUT2D eigenvalue weighted by Gasteiger charge is 2.05. The Labute approximate surface area is 96.1 Å². The summed E-state index contributed by atoms with van der Waals surface area (Å²) in [7, 11) is 0. The molecule has 0 aromatic heterocycles. The number of hydrogen-bond donors (Lipinski definition) is 1. The average Bonchev–Trinajstić information content (AvgIpc) is 2.28. The van der Waals surface area contributed by atoms with Crippen molar-refractivity contribution in [1.82, 2.24) is 5.32 Å². The van der Waals surface area contributed by atoms with Crippen molar-refractivity contribution in [2.45, 2.75) is 39.3 Å².